The Hall–Kier alpha value is -2.12. The van der Waals surface area contributed by atoms with E-state index in [1.165, 1.54) is 29.7 Å². The first-order chi connectivity index (χ1) is 14.6. The molecule has 0 atom stereocenters. The number of piperidine rings is 1. The van der Waals surface area contributed by atoms with E-state index in [0.29, 0.717) is 5.92 Å². The van der Waals surface area contributed by atoms with Gasteiger partial charge in [-0.05, 0) is 69.3 Å². The van der Waals surface area contributed by atoms with Gasteiger partial charge in [-0.25, -0.2) is 4.98 Å². The van der Waals surface area contributed by atoms with Gasteiger partial charge in [0.05, 0.1) is 17.8 Å². The Morgan fingerprint density at radius 1 is 1.27 bits per heavy atom. The molecule has 1 aliphatic rings. The third-order valence-electron chi connectivity index (χ3n) is 5.72. The summed E-state index contributed by atoms with van der Waals surface area (Å²) < 4.78 is 5.42. The van der Waals surface area contributed by atoms with Gasteiger partial charge in [0, 0.05) is 32.1 Å². The molecule has 0 radical (unpaired) electrons. The van der Waals surface area contributed by atoms with Crippen molar-refractivity contribution in [1.82, 2.24) is 20.5 Å². The van der Waals surface area contributed by atoms with E-state index in [0.717, 1.165) is 55.9 Å². The molecule has 0 aliphatic carbocycles. The van der Waals surface area contributed by atoms with Crippen molar-refractivity contribution < 1.29 is 4.74 Å². The van der Waals surface area contributed by atoms with E-state index in [9.17, 15) is 0 Å². The molecular formula is C23H35N5OS. The third kappa shape index (κ3) is 6.71. The van der Waals surface area contributed by atoms with Crippen molar-refractivity contribution >= 4 is 17.3 Å². The van der Waals surface area contributed by atoms with Gasteiger partial charge in [-0.1, -0.05) is 12.1 Å². The maximum absolute atomic E-state index is 5.42. The van der Waals surface area contributed by atoms with Crippen LogP contribution in [0.15, 0.2) is 28.6 Å². The molecule has 0 spiro atoms. The van der Waals surface area contributed by atoms with Crippen molar-refractivity contribution in [2.24, 2.45) is 10.9 Å². The highest BCUT2D eigenvalue weighted by Gasteiger charge is 2.20. The molecule has 1 aliphatic heterocycles. The Labute approximate surface area is 184 Å². The molecule has 1 aromatic carbocycles. The van der Waals surface area contributed by atoms with Crippen LogP contribution in [0.4, 0.5) is 0 Å². The number of methoxy groups -OCH3 is 1. The fourth-order valence-corrected chi connectivity index (χ4v) is 4.47. The van der Waals surface area contributed by atoms with Gasteiger partial charge in [-0.15, -0.1) is 11.3 Å². The van der Waals surface area contributed by atoms with E-state index in [2.05, 4.69) is 62.9 Å². The van der Waals surface area contributed by atoms with Gasteiger partial charge in [0.2, 0.25) is 0 Å². The molecule has 0 unspecified atom stereocenters. The Kier molecular flexibility index (Phi) is 8.51. The highest BCUT2D eigenvalue weighted by atomic mass is 32.1. The van der Waals surface area contributed by atoms with E-state index in [-0.39, 0.29) is 0 Å². The maximum Gasteiger partial charge on any atom is 0.190 e. The predicted octanol–water partition coefficient (Wildman–Crippen LogP) is 3.39. The van der Waals surface area contributed by atoms with Crippen LogP contribution in [0.2, 0.25) is 0 Å². The first kappa shape index (κ1) is 22.6. The lowest BCUT2D eigenvalue weighted by Gasteiger charge is -2.31. The Bertz CT molecular complexity index is 827. The first-order valence-electron chi connectivity index (χ1n) is 10.8. The van der Waals surface area contributed by atoms with Crippen LogP contribution in [0.3, 0.4) is 0 Å². The molecule has 164 valence electrons. The minimum atomic E-state index is 0.693. The molecule has 2 heterocycles. The van der Waals surface area contributed by atoms with Gasteiger partial charge in [0.25, 0.3) is 0 Å². The first-order valence-corrected chi connectivity index (χ1v) is 11.7. The largest absolute Gasteiger partial charge is 0.496 e. The summed E-state index contributed by atoms with van der Waals surface area (Å²) in [6.07, 6.45) is 3.37. The summed E-state index contributed by atoms with van der Waals surface area (Å²) in [6, 6.07) is 6.40. The molecule has 7 heteroatoms. The van der Waals surface area contributed by atoms with Crippen LogP contribution in [-0.2, 0) is 13.0 Å². The van der Waals surface area contributed by atoms with Crippen molar-refractivity contribution in [3.8, 4) is 5.75 Å². The number of likely N-dealkylation sites (tertiary alicyclic amines) is 1. The average Bonchev–Trinajstić information content (AvgIpc) is 3.17. The van der Waals surface area contributed by atoms with Crippen molar-refractivity contribution in [3.05, 3.63) is 45.4 Å². The van der Waals surface area contributed by atoms with Gasteiger partial charge in [-0.2, -0.15) is 0 Å². The zero-order valence-electron chi connectivity index (χ0n) is 18.7. The zero-order chi connectivity index (χ0) is 21.3. The molecule has 1 aromatic heterocycles. The minimum Gasteiger partial charge on any atom is -0.496 e. The summed E-state index contributed by atoms with van der Waals surface area (Å²) in [4.78, 5) is 11.5. The van der Waals surface area contributed by atoms with Crippen LogP contribution in [0, 0.1) is 19.8 Å². The molecule has 6 nitrogen and oxygen atoms in total. The van der Waals surface area contributed by atoms with Crippen molar-refractivity contribution in [1.29, 1.82) is 0 Å². The van der Waals surface area contributed by atoms with Crippen LogP contribution in [0.5, 0.6) is 5.75 Å². The fourth-order valence-electron chi connectivity index (χ4n) is 3.87. The van der Waals surface area contributed by atoms with Crippen LogP contribution in [0.25, 0.3) is 0 Å². The van der Waals surface area contributed by atoms with E-state index >= 15 is 0 Å². The molecule has 0 bridgehead atoms. The van der Waals surface area contributed by atoms with Crippen molar-refractivity contribution in [2.75, 3.05) is 40.3 Å². The summed E-state index contributed by atoms with van der Waals surface area (Å²) in [7, 11) is 3.56. The lowest BCUT2D eigenvalue weighted by Crippen LogP contribution is -2.43. The number of hydrogen-bond acceptors (Lipinski definition) is 5. The standard InChI is InChI=1S/C23H35N5OS/c1-17-5-6-19(13-22(17)29-4)7-10-25-23(24-3)26-14-20-8-11-28(12-9-20)15-21-16-30-18(2)27-21/h5-6,13,16,20H,7-12,14-15H2,1-4H3,(H2,24,25,26). The van der Waals surface area contributed by atoms with Gasteiger partial charge in [0.15, 0.2) is 5.96 Å². The van der Waals surface area contributed by atoms with E-state index in [1.54, 1.807) is 18.4 Å². The zero-order valence-corrected chi connectivity index (χ0v) is 19.5. The summed E-state index contributed by atoms with van der Waals surface area (Å²) in [5, 5.41) is 10.3. The molecule has 1 saturated heterocycles. The monoisotopic (exact) mass is 429 g/mol. The highest BCUT2D eigenvalue weighted by Crippen LogP contribution is 2.20. The molecule has 1 fully saturated rings. The molecule has 0 amide bonds. The van der Waals surface area contributed by atoms with Gasteiger partial charge in [-0.3, -0.25) is 9.89 Å². The van der Waals surface area contributed by atoms with Crippen LogP contribution < -0.4 is 15.4 Å². The molecular weight excluding hydrogens is 394 g/mol. The average molecular weight is 430 g/mol. The second-order valence-corrected chi connectivity index (χ2v) is 9.07. The normalized spacial score (nSPS) is 15.9. The van der Waals surface area contributed by atoms with Gasteiger partial charge in [0.1, 0.15) is 5.75 Å². The number of benzene rings is 1. The lowest BCUT2D eigenvalue weighted by molar-refractivity contribution is 0.176. The third-order valence-corrected chi connectivity index (χ3v) is 6.54. The van der Waals surface area contributed by atoms with Crippen LogP contribution in [0.1, 0.15) is 34.7 Å². The van der Waals surface area contributed by atoms with E-state index in [1.807, 2.05) is 7.05 Å². The molecule has 3 rings (SSSR count). The smallest absolute Gasteiger partial charge is 0.190 e. The summed E-state index contributed by atoms with van der Waals surface area (Å²) >= 11 is 1.74. The number of ether oxygens (including phenoxy) is 1. The number of nitrogens with zero attached hydrogens (tertiary/aromatic N) is 3. The quantitative estimate of drug-likeness (QED) is 0.498. The molecule has 30 heavy (non-hydrogen) atoms. The number of nitrogens with one attached hydrogen (secondary N) is 2. The fraction of sp³-hybridized carbons (Fsp3) is 0.565. The van der Waals surface area contributed by atoms with E-state index < -0.39 is 0 Å². The highest BCUT2D eigenvalue weighted by molar-refractivity contribution is 7.09. The Morgan fingerprint density at radius 3 is 2.73 bits per heavy atom. The summed E-state index contributed by atoms with van der Waals surface area (Å²) in [5.41, 5.74) is 3.65. The topological polar surface area (TPSA) is 61.8 Å². The number of guanidine groups is 1. The Morgan fingerprint density at radius 2 is 2.07 bits per heavy atom. The van der Waals surface area contributed by atoms with Crippen molar-refractivity contribution in [3.63, 3.8) is 0 Å². The molecule has 2 N–H and O–H groups in total. The maximum atomic E-state index is 5.42. The van der Waals surface area contributed by atoms with Crippen LogP contribution in [-0.4, -0.2) is 56.2 Å². The van der Waals surface area contributed by atoms with Crippen molar-refractivity contribution in [2.45, 2.75) is 39.7 Å². The number of hydrogen-bond donors (Lipinski definition) is 2. The summed E-state index contributed by atoms with van der Waals surface area (Å²) in [6.45, 7) is 9.23. The second kappa shape index (κ2) is 11.3. The predicted molar refractivity (Wildman–Crippen MR) is 126 cm³/mol. The number of aliphatic imine (C=N–C) groups is 1. The number of thiazole rings is 1. The van der Waals surface area contributed by atoms with Gasteiger partial charge < -0.3 is 15.4 Å². The molecule has 0 saturated carbocycles. The number of aromatic nitrogens is 1. The SMILES string of the molecule is CN=C(NCCc1ccc(C)c(OC)c1)NCC1CCN(Cc2csc(C)n2)CC1. The second-order valence-electron chi connectivity index (χ2n) is 8.01. The van der Waals surface area contributed by atoms with Crippen LogP contribution >= 0.6 is 11.3 Å². The summed E-state index contributed by atoms with van der Waals surface area (Å²) in [5.74, 6) is 2.53. The Balaban J connectivity index is 1.34. The molecule has 2 aromatic rings. The van der Waals surface area contributed by atoms with Gasteiger partial charge >= 0.3 is 0 Å². The minimum absolute atomic E-state index is 0.693. The van der Waals surface area contributed by atoms with E-state index in [4.69, 9.17) is 4.74 Å². The number of rotatable bonds is 8. The lowest BCUT2D eigenvalue weighted by atomic mass is 9.97. The number of aryl methyl sites for hydroxylation is 2.